The Labute approximate surface area is 116 Å². The van der Waals surface area contributed by atoms with Gasteiger partial charge in [-0.3, -0.25) is 9.69 Å². The van der Waals surface area contributed by atoms with Gasteiger partial charge in [0.05, 0.1) is 5.02 Å². The first-order valence-electron chi connectivity index (χ1n) is 4.84. The average molecular weight is 358 g/mol. The van der Waals surface area contributed by atoms with Crippen molar-refractivity contribution >= 4 is 49.5 Å². The second-order valence-corrected chi connectivity index (χ2v) is 6.64. The lowest BCUT2D eigenvalue weighted by Crippen LogP contribution is -2.27. The molecule has 1 aliphatic heterocycles. The third kappa shape index (κ3) is 2.65. The molecule has 1 aliphatic rings. The summed E-state index contributed by atoms with van der Waals surface area (Å²) >= 11 is 8.92. The second-order valence-electron chi connectivity index (χ2n) is 3.76. The summed E-state index contributed by atoms with van der Waals surface area (Å²) in [6.07, 6.45) is 0.951. The molecule has 1 aromatic heterocycles. The zero-order valence-electron chi connectivity index (χ0n) is 8.81. The van der Waals surface area contributed by atoms with Gasteiger partial charge < -0.3 is 0 Å². The Bertz CT molecular complexity index is 610. The van der Waals surface area contributed by atoms with Gasteiger partial charge in [0.15, 0.2) is 0 Å². The van der Waals surface area contributed by atoms with Crippen molar-refractivity contribution in [3.8, 4) is 0 Å². The predicted molar refractivity (Wildman–Crippen MR) is 67.7 cm³/mol. The minimum atomic E-state index is -4.72. The van der Waals surface area contributed by atoms with Crippen LogP contribution in [0.1, 0.15) is 6.42 Å². The quantitative estimate of drug-likeness (QED) is 0.758. The van der Waals surface area contributed by atoms with Crippen molar-refractivity contribution in [1.82, 2.24) is 4.98 Å². The fourth-order valence-electron chi connectivity index (χ4n) is 1.64. The molecule has 98 valence electrons. The number of hydrogen-bond donors (Lipinski definition) is 0. The molecule has 1 amide bonds. The molecule has 1 unspecified atom stereocenters. The van der Waals surface area contributed by atoms with Gasteiger partial charge in [0.1, 0.15) is 11.1 Å². The number of halogens is 3. The van der Waals surface area contributed by atoms with E-state index in [-0.39, 0.29) is 18.8 Å². The van der Waals surface area contributed by atoms with Crippen LogP contribution in [0.4, 0.5) is 9.70 Å². The molecular formula is C9H7BrClFN2O3S. The summed E-state index contributed by atoms with van der Waals surface area (Å²) in [6, 6.07) is 1.48. The van der Waals surface area contributed by atoms with Crippen molar-refractivity contribution < 1.29 is 17.1 Å². The van der Waals surface area contributed by atoms with Gasteiger partial charge in [-0.2, -0.15) is 8.42 Å². The number of aromatic nitrogens is 1. The maximum Gasteiger partial charge on any atom is 0.307 e. The van der Waals surface area contributed by atoms with Crippen molar-refractivity contribution in [2.75, 3.05) is 11.4 Å². The monoisotopic (exact) mass is 356 g/mol. The Morgan fingerprint density at radius 1 is 1.56 bits per heavy atom. The van der Waals surface area contributed by atoms with Crippen molar-refractivity contribution in [3.05, 3.63) is 21.8 Å². The first-order valence-corrected chi connectivity index (χ1v) is 7.45. The first kappa shape index (κ1) is 13.7. The van der Waals surface area contributed by atoms with E-state index in [2.05, 4.69) is 20.9 Å². The fraction of sp³-hybridized carbons (Fsp3) is 0.333. The fourth-order valence-corrected chi connectivity index (χ4v) is 2.72. The Kier molecular flexibility index (Phi) is 3.61. The van der Waals surface area contributed by atoms with Gasteiger partial charge in [0, 0.05) is 23.6 Å². The number of carbonyl (C=O) groups is 1. The highest BCUT2D eigenvalue weighted by Gasteiger charge is 2.39. The molecule has 9 heteroatoms. The van der Waals surface area contributed by atoms with Crippen LogP contribution in [-0.4, -0.2) is 31.1 Å². The molecule has 2 heterocycles. The summed E-state index contributed by atoms with van der Waals surface area (Å²) in [6.45, 7) is -0.237. The normalized spacial score (nSPS) is 20.5. The number of pyridine rings is 1. The summed E-state index contributed by atoms with van der Waals surface area (Å²) < 4.78 is 34.9. The van der Waals surface area contributed by atoms with Crippen LogP contribution in [0.2, 0.25) is 5.02 Å². The lowest BCUT2D eigenvalue weighted by Gasteiger charge is -2.15. The summed E-state index contributed by atoms with van der Waals surface area (Å²) in [5.74, 6) is -0.245. The number of rotatable bonds is 2. The van der Waals surface area contributed by atoms with Crippen molar-refractivity contribution in [3.63, 3.8) is 0 Å². The molecule has 1 atom stereocenters. The van der Waals surface area contributed by atoms with Crippen LogP contribution in [-0.2, 0) is 15.0 Å². The molecule has 18 heavy (non-hydrogen) atoms. The molecule has 0 saturated carbocycles. The van der Waals surface area contributed by atoms with Crippen LogP contribution >= 0.6 is 27.5 Å². The molecule has 1 fully saturated rings. The number of carbonyl (C=O) groups excluding carboxylic acids is 1. The molecule has 0 spiro atoms. The zero-order chi connectivity index (χ0) is 13.5. The van der Waals surface area contributed by atoms with Gasteiger partial charge in [-0.05, 0) is 22.0 Å². The van der Waals surface area contributed by atoms with Crippen LogP contribution in [0.25, 0.3) is 0 Å². The molecule has 0 N–H and O–H groups in total. The molecule has 1 aromatic rings. The second kappa shape index (κ2) is 4.75. The molecule has 2 rings (SSSR count). The van der Waals surface area contributed by atoms with E-state index in [0.717, 1.165) is 4.90 Å². The van der Waals surface area contributed by atoms with Crippen molar-refractivity contribution in [1.29, 1.82) is 0 Å². The zero-order valence-corrected chi connectivity index (χ0v) is 12.0. The summed E-state index contributed by atoms with van der Waals surface area (Å²) in [5.41, 5.74) is 0. The largest absolute Gasteiger partial charge is 0.307 e. The topological polar surface area (TPSA) is 67.3 Å². The number of anilines is 1. The van der Waals surface area contributed by atoms with E-state index in [1.165, 1.54) is 12.3 Å². The van der Waals surface area contributed by atoms with E-state index in [1.54, 1.807) is 0 Å². The average Bonchev–Trinajstić information content (AvgIpc) is 2.64. The summed E-state index contributed by atoms with van der Waals surface area (Å²) in [5, 5.41) is -0.971. The van der Waals surface area contributed by atoms with E-state index in [1.807, 2.05) is 0 Å². The van der Waals surface area contributed by atoms with Gasteiger partial charge in [-0.1, -0.05) is 11.6 Å². The Balaban J connectivity index is 2.30. The first-order chi connectivity index (χ1) is 8.29. The highest BCUT2D eigenvalue weighted by atomic mass is 79.9. The number of amides is 1. The minimum absolute atomic E-state index is 0.237. The van der Waals surface area contributed by atoms with Crippen LogP contribution in [0.5, 0.6) is 0 Å². The van der Waals surface area contributed by atoms with Gasteiger partial charge in [0.25, 0.3) is 0 Å². The molecule has 0 bridgehead atoms. The number of nitrogens with zero attached hydrogens (tertiary/aromatic N) is 2. The van der Waals surface area contributed by atoms with Gasteiger partial charge in [0.2, 0.25) is 5.91 Å². The van der Waals surface area contributed by atoms with Gasteiger partial charge >= 0.3 is 10.2 Å². The highest BCUT2D eigenvalue weighted by Crippen LogP contribution is 2.29. The van der Waals surface area contributed by atoms with Crippen LogP contribution in [0.3, 0.4) is 0 Å². The van der Waals surface area contributed by atoms with E-state index in [0.29, 0.717) is 9.50 Å². The molecule has 0 aromatic carbocycles. The molecule has 1 saturated heterocycles. The number of hydrogen-bond acceptors (Lipinski definition) is 4. The van der Waals surface area contributed by atoms with E-state index in [9.17, 15) is 17.1 Å². The van der Waals surface area contributed by atoms with E-state index >= 15 is 0 Å². The third-order valence-corrected chi connectivity index (χ3v) is 4.86. The van der Waals surface area contributed by atoms with Gasteiger partial charge in [-0.25, -0.2) is 4.98 Å². The smallest absolute Gasteiger partial charge is 0.295 e. The maximum absolute atomic E-state index is 12.8. The van der Waals surface area contributed by atoms with Crippen molar-refractivity contribution in [2.24, 2.45) is 0 Å². The minimum Gasteiger partial charge on any atom is -0.295 e. The summed E-state index contributed by atoms with van der Waals surface area (Å²) in [7, 11) is -4.72. The van der Waals surface area contributed by atoms with Crippen LogP contribution in [0.15, 0.2) is 16.7 Å². The molecule has 5 nitrogen and oxygen atoms in total. The van der Waals surface area contributed by atoms with Gasteiger partial charge in [-0.15, -0.1) is 3.89 Å². The standard InChI is InChI=1S/C9H7BrClFN2O3S/c10-6-2-8(13-3-7(6)11)14-4-5(1-9(14)15)18(12,16)17/h2-3,5H,1,4H2. The molecular weight excluding hydrogens is 351 g/mol. The molecule has 0 aliphatic carbocycles. The van der Waals surface area contributed by atoms with E-state index < -0.39 is 21.4 Å². The van der Waals surface area contributed by atoms with E-state index in [4.69, 9.17) is 11.6 Å². The highest BCUT2D eigenvalue weighted by molar-refractivity contribution is 9.10. The van der Waals surface area contributed by atoms with Crippen molar-refractivity contribution in [2.45, 2.75) is 11.7 Å². The lowest BCUT2D eigenvalue weighted by molar-refractivity contribution is -0.117. The Morgan fingerprint density at radius 3 is 2.72 bits per heavy atom. The SMILES string of the molecule is O=C1CC(S(=O)(=O)F)CN1c1cc(Br)c(Cl)cn1. The van der Waals surface area contributed by atoms with Crippen LogP contribution < -0.4 is 4.90 Å². The Morgan fingerprint density at radius 2 is 2.22 bits per heavy atom. The Hall–Kier alpha value is -0.730. The lowest BCUT2D eigenvalue weighted by atomic mass is 10.4. The predicted octanol–water partition coefficient (Wildman–Crippen LogP) is 1.90. The maximum atomic E-state index is 12.8. The summed E-state index contributed by atoms with van der Waals surface area (Å²) in [4.78, 5) is 16.7. The van der Waals surface area contributed by atoms with Crippen LogP contribution in [0, 0.1) is 0 Å². The third-order valence-electron chi connectivity index (χ3n) is 2.56. The molecule has 0 radical (unpaired) electrons.